The van der Waals surface area contributed by atoms with Crippen LogP contribution in [-0.2, 0) is 0 Å². The molecule has 0 spiro atoms. The van der Waals surface area contributed by atoms with E-state index in [0.717, 1.165) is 28.9 Å². The monoisotopic (exact) mass is 382 g/mol. The van der Waals surface area contributed by atoms with Gasteiger partial charge in [-0.1, -0.05) is 32.3 Å². The predicted octanol–water partition coefficient (Wildman–Crippen LogP) is 4.64. The van der Waals surface area contributed by atoms with Crippen molar-refractivity contribution in [3.8, 4) is 5.75 Å². The maximum atomic E-state index is 12.7. The van der Waals surface area contributed by atoms with Gasteiger partial charge in [0.05, 0.1) is 6.61 Å². The van der Waals surface area contributed by atoms with Crippen LogP contribution in [0.2, 0.25) is 0 Å². The Morgan fingerprint density at radius 2 is 1.93 bits per heavy atom. The van der Waals surface area contributed by atoms with E-state index in [-0.39, 0.29) is 11.2 Å². The summed E-state index contributed by atoms with van der Waals surface area (Å²) in [5, 5.41) is 9.60. The zero-order chi connectivity index (χ0) is 19.8. The second-order valence-corrected chi connectivity index (χ2v) is 7.67. The van der Waals surface area contributed by atoms with E-state index in [0.29, 0.717) is 25.1 Å². The molecule has 2 aromatic rings. The summed E-state index contributed by atoms with van der Waals surface area (Å²) < 4.78 is 6.75. The highest BCUT2D eigenvalue weighted by Gasteiger charge is 2.34. The summed E-state index contributed by atoms with van der Waals surface area (Å²) in [5.41, 5.74) is 1.53. The summed E-state index contributed by atoms with van der Waals surface area (Å²) in [6.45, 7) is 3.31. The van der Waals surface area contributed by atoms with Gasteiger partial charge in [0.1, 0.15) is 5.75 Å². The van der Waals surface area contributed by atoms with E-state index in [1.165, 1.54) is 25.7 Å². The fourth-order valence-electron chi connectivity index (χ4n) is 3.96. The van der Waals surface area contributed by atoms with Gasteiger partial charge in [0.15, 0.2) is 11.3 Å². The minimum absolute atomic E-state index is 0.223. The molecule has 150 valence electrons. The zero-order valence-corrected chi connectivity index (χ0v) is 16.6. The van der Waals surface area contributed by atoms with Gasteiger partial charge in [-0.25, -0.2) is 0 Å². The summed E-state index contributed by atoms with van der Waals surface area (Å²) in [6.07, 6.45) is 8.91. The first-order valence-electron chi connectivity index (χ1n) is 10.3. The molecule has 1 aromatic carbocycles. The molecule has 0 amide bonds. The maximum Gasteiger partial charge on any atom is 0.163 e. The SMILES string of the molecule is CCC1(CC(=O)c2ccc(OCCCN=c3ccccn3O)cc2)CCCC1. The number of ketones is 1. The molecule has 1 fully saturated rings. The van der Waals surface area contributed by atoms with Crippen molar-refractivity contribution in [2.45, 2.75) is 51.9 Å². The van der Waals surface area contributed by atoms with Crippen molar-refractivity contribution >= 4 is 5.78 Å². The fraction of sp³-hybridized carbons (Fsp3) is 0.478. The molecule has 1 aromatic heterocycles. The Bertz CT molecular complexity index is 833. The lowest BCUT2D eigenvalue weighted by atomic mass is 9.78. The van der Waals surface area contributed by atoms with Crippen LogP contribution in [0.1, 0.15) is 62.2 Å². The molecule has 0 unspecified atom stereocenters. The second kappa shape index (κ2) is 9.58. The van der Waals surface area contributed by atoms with E-state index in [4.69, 9.17) is 4.74 Å². The molecule has 1 heterocycles. The normalized spacial score (nSPS) is 16.2. The van der Waals surface area contributed by atoms with Crippen LogP contribution in [0.25, 0.3) is 0 Å². The Hall–Kier alpha value is -2.56. The van der Waals surface area contributed by atoms with Gasteiger partial charge in [-0.2, -0.15) is 4.73 Å². The van der Waals surface area contributed by atoms with E-state index in [1.54, 1.807) is 18.3 Å². The Morgan fingerprint density at radius 3 is 2.61 bits per heavy atom. The Labute approximate surface area is 166 Å². The van der Waals surface area contributed by atoms with Crippen LogP contribution >= 0.6 is 0 Å². The number of carbonyl (C=O) groups is 1. The standard InChI is InChI=1S/C23H30N2O3/c1-2-23(13-4-5-14-23)18-21(26)19-9-11-20(12-10-19)28-17-7-15-24-22-8-3-6-16-25(22)27/h3,6,8-12,16,27H,2,4-5,7,13-15,17-18H2,1H3. The Morgan fingerprint density at radius 1 is 1.18 bits per heavy atom. The number of benzene rings is 1. The van der Waals surface area contributed by atoms with Crippen molar-refractivity contribution in [1.29, 1.82) is 0 Å². The summed E-state index contributed by atoms with van der Waals surface area (Å²) >= 11 is 0. The van der Waals surface area contributed by atoms with Crippen molar-refractivity contribution in [2.24, 2.45) is 10.4 Å². The van der Waals surface area contributed by atoms with Gasteiger partial charge in [0, 0.05) is 31.1 Å². The third kappa shape index (κ3) is 5.24. The number of hydrogen-bond donors (Lipinski definition) is 1. The molecule has 0 atom stereocenters. The second-order valence-electron chi connectivity index (χ2n) is 7.67. The molecule has 0 radical (unpaired) electrons. The van der Waals surface area contributed by atoms with Crippen molar-refractivity contribution in [3.05, 3.63) is 59.7 Å². The molecule has 5 heteroatoms. The van der Waals surface area contributed by atoms with E-state index < -0.39 is 0 Å². The number of Topliss-reactive ketones (excluding diaryl/α,β-unsaturated/α-hetero) is 1. The van der Waals surface area contributed by atoms with E-state index in [9.17, 15) is 10.0 Å². The van der Waals surface area contributed by atoms with Gasteiger partial charge in [0.2, 0.25) is 0 Å². The largest absolute Gasteiger partial charge is 0.494 e. The van der Waals surface area contributed by atoms with Crippen LogP contribution in [0.15, 0.2) is 53.7 Å². The van der Waals surface area contributed by atoms with Crippen LogP contribution in [0.5, 0.6) is 5.75 Å². The van der Waals surface area contributed by atoms with Gasteiger partial charge in [-0.15, -0.1) is 0 Å². The molecule has 1 N–H and O–H groups in total. The van der Waals surface area contributed by atoms with E-state index in [2.05, 4.69) is 11.9 Å². The van der Waals surface area contributed by atoms with E-state index >= 15 is 0 Å². The predicted molar refractivity (Wildman–Crippen MR) is 109 cm³/mol. The Balaban J connectivity index is 1.46. The first-order chi connectivity index (χ1) is 13.6. The number of pyridine rings is 1. The highest BCUT2D eigenvalue weighted by molar-refractivity contribution is 5.96. The number of ether oxygens (including phenoxy) is 1. The molecule has 1 aliphatic carbocycles. The third-order valence-corrected chi connectivity index (χ3v) is 5.79. The molecule has 1 aliphatic rings. The van der Waals surface area contributed by atoms with Crippen LogP contribution in [-0.4, -0.2) is 28.9 Å². The number of hydrogen-bond acceptors (Lipinski definition) is 4. The topological polar surface area (TPSA) is 63.8 Å². The molecule has 28 heavy (non-hydrogen) atoms. The molecule has 0 bridgehead atoms. The summed E-state index contributed by atoms with van der Waals surface area (Å²) in [5.74, 6) is 1.01. The molecule has 1 saturated carbocycles. The van der Waals surface area contributed by atoms with Gasteiger partial charge < -0.3 is 9.94 Å². The minimum atomic E-state index is 0.223. The molecule has 5 nitrogen and oxygen atoms in total. The number of rotatable bonds is 9. The van der Waals surface area contributed by atoms with E-state index in [1.807, 2.05) is 30.3 Å². The van der Waals surface area contributed by atoms with Gasteiger partial charge >= 0.3 is 0 Å². The zero-order valence-electron chi connectivity index (χ0n) is 16.6. The molecule has 0 aliphatic heterocycles. The quantitative estimate of drug-likeness (QED) is 0.390. The smallest absolute Gasteiger partial charge is 0.163 e. The highest BCUT2D eigenvalue weighted by Crippen LogP contribution is 2.44. The summed E-state index contributed by atoms with van der Waals surface area (Å²) in [4.78, 5) is 17.0. The maximum absolute atomic E-state index is 12.7. The molecule has 3 rings (SSSR count). The molecular weight excluding hydrogens is 352 g/mol. The van der Waals surface area contributed by atoms with Crippen molar-refractivity contribution < 1.29 is 14.7 Å². The van der Waals surface area contributed by atoms with Crippen molar-refractivity contribution in [1.82, 2.24) is 4.73 Å². The highest BCUT2D eigenvalue weighted by atomic mass is 16.5. The van der Waals surface area contributed by atoms with Crippen molar-refractivity contribution in [2.75, 3.05) is 13.2 Å². The number of aromatic nitrogens is 1. The average molecular weight is 383 g/mol. The van der Waals surface area contributed by atoms with Crippen LogP contribution < -0.4 is 10.2 Å². The third-order valence-electron chi connectivity index (χ3n) is 5.79. The molecule has 0 saturated heterocycles. The minimum Gasteiger partial charge on any atom is -0.494 e. The van der Waals surface area contributed by atoms with Gasteiger partial charge in [-0.3, -0.25) is 9.79 Å². The van der Waals surface area contributed by atoms with Gasteiger partial charge in [-0.05, 0) is 54.7 Å². The summed E-state index contributed by atoms with van der Waals surface area (Å²) in [7, 11) is 0. The van der Waals surface area contributed by atoms with Crippen molar-refractivity contribution in [3.63, 3.8) is 0 Å². The Kier molecular flexibility index (Phi) is 6.90. The summed E-state index contributed by atoms with van der Waals surface area (Å²) in [6, 6.07) is 12.8. The molecular formula is C23H30N2O3. The lowest BCUT2D eigenvalue weighted by Crippen LogP contribution is -2.20. The van der Waals surface area contributed by atoms with Crippen LogP contribution in [0.3, 0.4) is 0 Å². The number of carbonyl (C=O) groups excluding carboxylic acids is 1. The first kappa shape index (κ1) is 20.2. The lowest BCUT2D eigenvalue weighted by molar-refractivity contribution is 0.0907. The fourth-order valence-corrected chi connectivity index (χ4v) is 3.96. The number of nitrogens with zero attached hydrogens (tertiary/aromatic N) is 2. The van der Waals surface area contributed by atoms with Crippen LogP contribution in [0, 0.1) is 5.41 Å². The van der Waals surface area contributed by atoms with Gasteiger partial charge in [0.25, 0.3) is 0 Å². The van der Waals surface area contributed by atoms with Crippen LogP contribution in [0.4, 0.5) is 0 Å². The lowest BCUT2D eigenvalue weighted by Gasteiger charge is -2.26. The average Bonchev–Trinajstić information content (AvgIpc) is 3.18. The first-order valence-corrected chi connectivity index (χ1v) is 10.3.